The van der Waals surface area contributed by atoms with Crippen LogP contribution in [0, 0.1) is 29.1 Å². The standard InChI is InChI=1S/C18H26O3/c1-11-8-12(5-7-16(11)19)17(20)21-10-13-4-6-14-9-15(13)18(14,2)3/h4,11-12,14-15H,5-10H2,1-3H3/t11-,12+,14-,15-/m0/s1. The SMILES string of the molecule is C[C@H]1C[C@H](C(=O)OCC2=CC[C@H]3C[C@@H]2C3(C)C)CCC1=O. The Balaban J connectivity index is 1.53. The fraction of sp³-hybridized carbons (Fsp3) is 0.778. The molecule has 0 aliphatic heterocycles. The zero-order valence-electron chi connectivity index (χ0n) is 13.4. The lowest BCUT2D eigenvalue weighted by Crippen LogP contribution is -2.48. The Labute approximate surface area is 127 Å². The molecule has 3 heteroatoms. The molecule has 3 nitrogen and oxygen atoms in total. The number of Topliss-reactive ketones (excluding diaryl/α,β-unsaturated/α-hetero) is 1. The minimum absolute atomic E-state index is 0.0107. The molecule has 4 aliphatic carbocycles. The number of ketones is 1. The van der Waals surface area contributed by atoms with Gasteiger partial charge in [0.15, 0.2) is 0 Å². The summed E-state index contributed by atoms with van der Waals surface area (Å²) in [6.07, 6.45) is 6.52. The van der Waals surface area contributed by atoms with Gasteiger partial charge < -0.3 is 4.74 Å². The fourth-order valence-corrected chi connectivity index (χ4v) is 4.37. The summed E-state index contributed by atoms with van der Waals surface area (Å²) in [7, 11) is 0. The second-order valence-corrected chi connectivity index (χ2v) is 7.77. The van der Waals surface area contributed by atoms with E-state index in [4.69, 9.17) is 4.74 Å². The van der Waals surface area contributed by atoms with Crippen molar-refractivity contribution in [3.05, 3.63) is 11.6 Å². The first kappa shape index (κ1) is 14.8. The van der Waals surface area contributed by atoms with Gasteiger partial charge >= 0.3 is 5.97 Å². The summed E-state index contributed by atoms with van der Waals surface area (Å²) in [4.78, 5) is 23.7. The van der Waals surface area contributed by atoms with Crippen LogP contribution in [0.1, 0.15) is 52.9 Å². The van der Waals surface area contributed by atoms with E-state index in [9.17, 15) is 9.59 Å². The average molecular weight is 290 g/mol. The summed E-state index contributed by atoms with van der Waals surface area (Å²) in [5.41, 5.74) is 1.69. The number of carbonyl (C=O) groups excluding carboxylic acids is 2. The molecule has 2 bridgehead atoms. The van der Waals surface area contributed by atoms with Crippen LogP contribution >= 0.6 is 0 Å². The Morgan fingerprint density at radius 3 is 2.76 bits per heavy atom. The van der Waals surface area contributed by atoms with Gasteiger partial charge in [0.25, 0.3) is 0 Å². The summed E-state index contributed by atoms with van der Waals surface area (Å²) in [5, 5.41) is 0. The first-order valence-electron chi connectivity index (χ1n) is 8.28. The number of esters is 1. The van der Waals surface area contributed by atoms with E-state index < -0.39 is 0 Å². The number of carbonyl (C=O) groups is 2. The number of hydrogen-bond donors (Lipinski definition) is 0. The third-order valence-corrected chi connectivity index (χ3v) is 6.22. The van der Waals surface area contributed by atoms with Crippen LogP contribution in [0.5, 0.6) is 0 Å². The molecular formula is C18H26O3. The van der Waals surface area contributed by atoms with Crippen LogP contribution < -0.4 is 0 Å². The molecule has 0 N–H and O–H groups in total. The summed E-state index contributed by atoms with van der Waals surface area (Å²) < 4.78 is 5.57. The Bertz CT molecular complexity index is 489. The van der Waals surface area contributed by atoms with Gasteiger partial charge in [0, 0.05) is 12.3 Å². The molecule has 0 aromatic heterocycles. The van der Waals surface area contributed by atoms with Gasteiger partial charge in [-0.2, -0.15) is 0 Å². The largest absolute Gasteiger partial charge is 0.461 e. The van der Waals surface area contributed by atoms with Gasteiger partial charge in [-0.15, -0.1) is 0 Å². The van der Waals surface area contributed by atoms with Crippen molar-refractivity contribution in [3.63, 3.8) is 0 Å². The molecule has 2 saturated carbocycles. The quantitative estimate of drug-likeness (QED) is 0.590. The van der Waals surface area contributed by atoms with Crippen LogP contribution in [0.3, 0.4) is 0 Å². The van der Waals surface area contributed by atoms with E-state index >= 15 is 0 Å². The summed E-state index contributed by atoms with van der Waals surface area (Å²) in [6.45, 7) is 7.03. The summed E-state index contributed by atoms with van der Waals surface area (Å²) >= 11 is 0. The lowest BCUT2D eigenvalue weighted by molar-refractivity contribution is -0.150. The second kappa shape index (κ2) is 5.26. The van der Waals surface area contributed by atoms with Gasteiger partial charge in [-0.3, -0.25) is 9.59 Å². The van der Waals surface area contributed by atoms with Crippen LogP contribution in [-0.4, -0.2) is 18.4 Å². The zero-order valence-corrected chi connectivity index (χ0v) is 13.4. The Morgan fingerprint density at radius 1 is 1.38 bits per heavy atom. The Hall–Kier alpha value is -1.12. The zero-order chi connectivity index (χ0) is 15.2. The molecule has 116 valence electrons. The maximum absolute atomic E-state index is 12.2. The monoisotopic (exact) mass is 290 g/mol. The summed E-state index contributed by atoms with van der Waals surface area (Å²) in [5.74, 6) is 1.52. The minimum Gasteiger partial charge on any atom is -0.461 e. The lowest BCUT2D eigenvalue weighted by atomic mass is 9.49. The number of fused-ring (bicyclic) bond motifs is 1. The number of allylic oxidation sites excluding steroid dienone is 1. The van der Waals surface area contributed by atoms with Crippen LogP contribution in [0.4, 0.5) is 0 Å². The van der Waals surface area contributed by atoms with Crippen molar-refractivity contribution in [2.45, 2.75) is 52.9 Å². The molecule has 0 aromatic carbocycles. The number of ether oxygens (including phenoxy) is 1. The maximum atomic E-state index is 12.2. The van der Waals surface area contributed by atoms with E-state index in [2.05, 4.69) is 19.9 Å². The normalized spacial score (nSPS) is 37.5. The molecule has 4 rings (SSSR count). The number of rotatable bonds is 3. The minimum atomic E-state index is -0.102. The molecular weight excluding hydrogens is 264 g/mol. The third kappa shape index (κ3) is 2.56. The molecule has 4 aliphatic rings. The molecule has 0 aromatic rings. The molecule has 0 unspecified atom stereocenters. The van der Waals surface area contributed by atoms with Crippen LogP contribution in [0.25, 0.3) is 0 Å². The molecule has 4 atom stereocenters. The van der Waals surface area contributed by atoms with E-state index in [0.29, 0.717) is 37.2 Å². The highest BCUT2D eigenvalue weighted by Crippen LogP contribution is 2.59. The van der Waals surface area contributed by atoms with E-state index in [1.807, 2.05) is 6.92 Å². The van der Waals surface area contributed by atoms with Crippen LogP contribution in [-0.2, 0) is 14.3 Å². The molecule has 0 saturated heterocycles. The Morgan fingerprint density at radius 2 is 2.14 bits per heavy atom. The molecule has 2 fully saturated rings. The van der Waals surface area contributed by atoms with Gasteiger partial charge in [-0.25, -0.2) is 0 Å². The topological polar surface area (TPSA) is 43.4 Å². The van der Waals surface area contributed by atoms with Gasteiger partial charge in [0.1, 0.15) is 12.4 Å². The average Bonchev–Trinajstić information content (AvgIpc) is 2.47. The van der Waals surface area contributed by atoms with Gasteiger partial charge in [-0.05, 0) is 48.5 Å². The van der Waals surface area contributed by atoms with E-state index in [0.717, 1.165) is 12.3 Å². The third-order valence-electron chi connectivity index (χ3n) is 6.22. The van der Waals surface area contributed by atoms with Gasteiger partial charge in [0.2, 0.25) is 0 Å². The van der Waals surface area contributed by atoms with Crippen molar-refractivity contribution in [2.24, 2.45) is 29.1 Å². The summed E-state index contributed by atoms with van der Waals surface area (Å²) in [6, 6.07) is 0. The van der Waals surface area contributed by atoms with Crippen molar-refractivity contribution >= 4 is 11.8 Å². The highest BCUT2D eigenvalue weighted by molar-refractivity contribution is 5.84. The Kier molecular flexibility index (Phi) is 3.71. The van der Waals surface area contributed by atoms with Crippen molar-refractivity contribution in [1.29, 1.82) is 0 Å². The molecule has 0 amide bonds. The van der Waals surface area contributed by atoms with Gasteiger partial charge in [0.05, 0.1) is 5.92 Å². The maximum Gasteiger partial charge on any atom is 0.309 e. The predicted molar refractivity (Wildman–Crippen MR) is 80.5 cm³/mol. The molecule has 0 heterocycles. The lowest BCUT2D eigenvalue weighted by Gasteiger charge is -2.56. The van der Waals surface area contributed by atoms with Crippen molar-refractivity contribution in [2.75, 3.05) is 6.61 Å². The highest BCUT2D eigenvalue weighted by Gasteiger charge is 2.51. The molecule has 0 spiro atoms. The van der Waals surface area contributed by atoms with Crippen molar-refractivity contribution in [1.82, 2.24) is 0 Å². The van der Waals surface area contributed by atoms with E-state index in [1.165, 1.54) is 12.0 Å². The fourth-order valence-electron chi connectivity index (χ4n) is 4.37. The smallest absolute Gasteiger partial charge is 0.309 e. The van der Waals surface area contributed by atoms with Crippen LogP contribution in [0.2, 0.25) is 0 Å². The van der Waals surface area contributed by atoms with Crippen LogP contribution in [0.15, 0.2) is 11.6 Å². The van der Waals surface area contributed by atoms with Crippen molar-refractivity contribution < 1.29 is 14.3 Å². The first-order chi connectivity index (χ1) is 9.89. The van der Waals surface area contributed by atoms with Crippen molar-refractivity contribution in [3.8, 4) is 0 Å². The van der Waals surface area contributed by atoms with E-state index in [1.54, 1.807) is 0 Å². The first-order valence-corrected chi connectivity index (χ1v) is 8.28. The van der Waals surface area contributed by atoms with Gasteiger partial charge in [-0.1, -0.05) is 26.8 Å². The van der Waals surface area contributed by atoms with E-state index in [-0.39, 0.29) is 23.6 Å². The molecule has 0 radical (unpaired) electrons. The second-order valence-electron chi connectivity index (χ2n) is 7.77. The highest BCUT2D eigenvalue weighted by atomic mass is 16.5. The predicted octanol–water partition coefficient (Wildman–Crippen LogP) is 3.53. The molecule has 21 heavy (non-hydrogen) atoms. The number of hydrogen-bond acceptors (Lipinski definition) is 3.